The van der Waals surface area contributed by atoms with Gasteiger partial charge in [0.05, 0.1) is 0 Å². The Labute approximate surface area is 176 Å². The SMILES string of the molecule is Cc1ccc(C(=O)OC(C)C(=O)c2cc(C)n(-c3ccc(OC(F)F)cc3)c2C)s1. The minimum atomic E-state index is -2.89. The van der Waals surface area contributed by atoms with Crippen LogP contribution in [0, 0.1) is 20.8 Å². The van der Waals surface area contributed by atoms with Crippen molar-refractivity contribution in [2.24, 2.45) is 0 Å². The van der Waals surface area contributed by atoms with Crippen LogP contribution in [-0.4, -0.2) is 29.0 Å². The Morgan fingerprint density at radius 3 is 2.27 bits per heavy atom. The fourth-order valence-electron chi connectivity index (χ4n) is 3.22. The van der Waals surface area contributed by atoms with Gasteiger partial charge in [-0.2, -0.15) is 8.78 Å². The first kappa shape index (κ1) is 21.7. The molecule has 0 bridgehead atoms. The van der Waals surface area contributed by atoms with Gasteiger partial charge in [-0.1, -0.05) is 0 Å². The normalized spacial score (nSPS) is 12.1. The number of carbonyl (C=O) groups is 2. The monoisotopic (exact) mass is 433 g/mol. The summed E-state index contributed by atoms with van der Waals surface area (Å²) in [5.74, 6) is -0.789. The second-order valence-corrected chi connectivity index (χ2v) is 8.10. The van der Waals surface area contributed by atoms with Crippen LogP contribution < -0.4 is 4.74 Å². The summed E-state index contributed by atoms with van der Waals surface area (Å²) in [5.41, 5.74) is 2.58. The molecule has 0 aliphatic rings. The van der Waals surface area contributed by atoms with Crippen molar-refractivity contribution in [3.63, 3.8) is 0 Å². The third-order valence-corrected chi connectivity index (χ3v) is 5.59. The highest BCUT2D eigenvalue weighted by molar-refractivity contribution is 7.13. The number of esters is 1. The van der Waals surface area contributed by atoms with Crippen molar-refractivity contribution in [1.29, 1.82) is 0 Å². The van der Waals surface area contributed by atoms with E-state index in [-0.39, 0.29) is 11.5 Å². The number of Topliss-reactive ketones (excluding diaryl/α,β-unsaturated/α-hetero) is 1. The van der Waals surface area contributed by atoms with Gasteiger partial charge in [-0.15, -0.1) is 11.3 Å². The molecule has 0 fully saturated rings. The van der Waals surface area contributed by atoms with Crippen molar-refractivity contribution in [2.75, 3.05) is 0 Å². The maximum absolute atomic E-state index is 12.9. The molecule has 0 saturated carbocycles. The molecule has 0 radical (unpaired) electrons. The number of ketones is 1. The highest BCUT2D eigenvalue weighted by atomic mass is 32.1. The Morgan fingerprint density at radius 1 is 1.03 bits per heavy atom. The molecule has 158 valence electrons. The van der Waals surface area contributed by atoms with Gasteiger partial charge in [0.1, 0.15) is 10.6 Å². The number of aryl methyl sites for hydroxylation is 2. The largest absolute Gasteiger partial charge is 0.450 e. The summed E-state index contributed by atoms with van der Waals surface area (Å²) in [6.07, 6.45) is -0.948. The highest BCUT2D eigenvalue weighted by Gasteiger charge is 2.25. The van der Waals surface area contributed by atoms with E-state index in [1.807, 2.05) is 24.5 Å². The third kappa shape index (κ3) is 4.59. The van der Waals surface area contributed by atoms with E-state index >= 15 is 0 Å². The zero-order valence-corrected chi connectivity index (χ0v) is 17.8. The average Bonchev–Trinajstić information content (AvgIpc) is 3.24. The highest BCUT2D eigenvalue weighted by Crippen LogP contribution is 2.25. The minimum absolute atomic E-state index is 0.0526. The molecule has 1 aromatic carbocycles. The molecule has 1 unspecified atom stereocenters. The van der Waals surface area contributed by atoms with Gasteiger partial charge in [-0.3, -0.25) is 4.79 Å². The van der Waals surface area contributed by atoms with Gasteiger partial charge in [0.15, 0.2) is 6.10 Å². The van der Waals surface area contributed by atoms with E-state index in [2.05, 4.69) is 4.74 Å². The molecule has 0 spiro atoms. The van der Waals surface area contributed by atoms with Crippen LogP contribution in [0.4, 0.5) is 8.78 Å². The lowest BCUT2D eigenvalue weighted by Gasteiger charge is -2.13. The second kappa shape index (κ2) is 8.79. The smallest absolute Gasteiger partial charge is 0.387 e. The predicted molar refractivity (Wildman–Crippen MR) is 110 cm³/mol. The standard InChI is InChI=1S/C22H21F2NO4S/c1-12-11-18(20(26)15(4)28-21(27)19-10-5-13(2)30-19)14(3)25(12)16-6-8-17(9-7-16)29-22(23)24/h5-11,15,22H,1-4H3. The van der Waals surface area contributed by atoms with E-state index in [1.54, 1.807) is 38.1 Å². The van der Waals surface area contributed by atoms with E-state index in [1.165, 1.54) is 23.5 Å². The number of aromatic nitrogens is 1. The van der Waals surface area contributed by atoms with Gasteiger partial charge >= 0.3 is 12.6 Å². The lowest BCUT2D eigenvalue weighted by atomic mass is 10.1. The van der Waals surface area contributed by atoms with Crippen molar-refractivity contribution < 1.29 is 27.8 Å². The van der Waals surface area contributed by atoms with Crippen molar-refractivity contribution in [1.82, 2.24) is 4.57 Å². The van der Waals surface area contributed by atoms with Crippen LogP contribution in [-0.2, 0) is 4.74 Å². The molecular weight excluding hydrogens is 412 g/mol. The van der Waals surface area contributed by atoms with Gasteiger partial charge in [0.25, 0.3) is 0 Å². The Kier molecular flexibility index (Phi) is 6.36. The van der Waals surface area contributed by atoms with Gasteiger partial charge in [0, 0.05) is 27.5 Å². The number of hydrogen-bond acceptors (Lipinski definition) is 5. The zero-order chi connectivity index (χ0) is 22.0. The average molecular weight is 433 g/mol. The molecule has 5 nitrogen and oxygen atoms in total. The first-order valence-electron chi connectivity index (χ1n) is 9.23. The van der Waals surface area contributed by atoms with E-state index in [0.29, 0.717) is 21.8 Å². The Morgan fingerprint density at radius 2 is 1.70 bits per heavy atom. The van der Waals surface area contributed by atoms with Crippen molar-refractivity contribution >= 4 is 23.1 Å². The van der Waals surface area contributed by atoms with E-state index in [0.717, 1.165) is 10.6 Å². The fourth-order valence-corrected chi connectivity index (χ4v) is 3.97. The third-order valence-electron chi connectivity index (χ3n) is 4.61. The molecule has 3 aromatic rings. The number of alkyl halides is 2. The molecule has 30 heavy (non-hydrogen) atoms. The molecule has 0 N–H and O–H groups in total. The van der Waals surface area contributed by atoms with Crippen LogP contribution in [0.25, 0.3) is 5.69 Å². The number of hydrogen-bond donors (Lipinski definition) is 0. The van der Waals surface area contributed by atoms with Gasteiger partial charge < -0.3 is 14.0 Å². The molecular formula is C22H21F2NO4S. The zero-order valence-electron chi connectivity index (χ0n) is 16.9. The van der Waals surface area contributed by atoms with Crippen molar-refractivity contribution in [3.05, 3.63) is 69.2 Å². The summed E-state index contributed by atoms with van der Waals surface area (Å²) in [6.45, 7) is 4.15. The Bertz CT molecular complexity index is 1070. The first-order chi connectivity index (χ1) is 14.2. The number of halogens is 2. The molecule has 8 heteroatoms. The summed E-state index contributed by atoms with van der Waals surface area (Å²) in [6, 6.07) is 11.4. The molecule has 0 aliphatic carbocycles. The van der Waals surface area contributed by atoms with Crippen LogP contribution in [0.5, 0.6) is 5.75 Å². The molecule has 2 aromatic heterocycles. The van der Waals surface area contributed by atoms with Gasteiger partial charge in [-0.25, -0.2) is 4.79 Å². The Balaban J connectivity index is 1.80. The number of nitrogens with zero attached hydrogens (tertiary/aromatic N) is 1. The van der Waals surface area contributed by atoms with E-state index in [4.69, 9.17) is 4.74 Å². The summed E-state index contributed by atoms with van der Waals surface area (Å²) in [4.78, 5) is 26.6. The summed E-state index contributed by atoms with van der Waals surface area (Å²) >= 11 is 1.31. The van der Waals surface area contributed by atoms with Crippen LogP contribution >= 0.6 is 11.3 Å². The summed E-state index contributed by atoms with van der Waals surface area (Å²) in [5, 5.41) is 0. The number of thiophene rings is 1. The topological polar surface area (TPSA) is 57.5 Å². The van der Waals surface area contributed by atoms with Crippen LogP contribution in [0.15, 0.2) is 42.5 Å². The van der Waals surface area contributed by atoms with Crippen molar-refractivity contribution in [3.8, 4) is 11.4 Å². The molecule has 1 atom stereocenters. The number of ether oxygens (including phenoxy) is 2. The second-order valence-electron chi connectivity index (χ2n) is 6.81. The molecule has 0 aliphatic heterocycles. The molecule has 3 rings (SSSR count). The summed E-state index contributed by atoms with van der Waals surface area (Å²) in [7, 11) is 0. The number of carbonyl (C=O) groups excluding carboxylic acids is 2. The predicted octanol–water partition coefficient (Wildman–Crippen LogP) is 5.49. The van der Waals surface area contributed by atoms with E-state index in [9.17, 15) is 18.4 Å². The van der Waals surface area contributed by atoms with Gasteiger partial charge in [0.2, 0.25) is 5.78 Å². The number of rotatable bonds is 7. The lowest BCUT2D eigenvalue weighted by molar-refractivity contribution is -0.0498. The lowest BCUT2D eigenvalue weighted by Crippen LogP contribution is -2.24. The van der Waals surface area contributed by atoms with Crippen LogP contribution in [0.2, 0.25) is 0 Å². The Hall–Kier alpha value is -3.00. The summed E-state index contributed by atoms with van der Waals surface area (Å²) < 4.78 is 36.2. The maximum Gasteiger partial charge on any atom is 0.387 e. The van der Waals surface area contributed by atoms with Gasteiger partial charge in [-0.05, 0) is 70.2 Å². The molecule has 2 heterocycles. The minimum Gasteiger partial charge on any atom is -0.450 e. The first-order valence-corrected chi connectivity index (χ1v) is 10.0. The number of benzene rings is 1. The quantitative estimate of drug-likeness (QED) is 0.365. The molecule has 0 amide bonds. The van der Waals surface area contributed by atoms with Crippen molar-refractivity contribution in [2.45, 2.75) is 40.4 Å². The van der Waals surface area contributed by atoms with E-state index < -0.39 is 18.7 Å². The molecule has 0 saturated heterocycles. The van der Waals surface area contributed by atoms with Crippen LogP contribution in [0.3, 0.4) is 0 Å². The van der Waals surface area contributed by atoms with Crippen LogP contribution in [0.1, 0.15) is 43.2 Å². The fraction of sp³-hybridized carbons (Fsp3) is 0.273. The maximum atomic E-state index is 12.9.